The third-order valence-corrected chi connectivity index (χ3v) is 20.1. The lowest BCUT2D eigenvalue weighted by molar-refractivity contribution is -0.118. The lowest BCUT2D eigenvalue weighted by Gasteiger charge is -2.22. The first-order valence-corrected chi connectivity index (χ1v) is 30.6. The molecule has 3 aromatic carbocycles. The number of thiophene rings is 3. The van der Waals surface area contributed by atoms with Crippen molar-refractivity contribution in [1.82, 2.24) is 14.2 Å². The van der Waals surface area contributed by atoms with Crippen LogP contribution < -0.4 is 47.3 Å². The number of sulfonamides is 3. The van der Waals surface area contributed by atoms with Crippen molar-refractivity contribution in [2.24, 2.45) is 17.2 Å². The molecule has 0 saturated carbocycles. The van der Waals surface area contributed by atoms with Crippen molar-refractivity contribution in [2.75, 3.05) is 35.6 Å². The molecule has 3 aromatic heterocycles. The molecule has 0 aliphatic heterocycles. The van der Waals surface area contributed by atoms with E-state index in [0.29, 0.717) is 75.2 Å². The number of hydrogen-bond acceptors (Lipinski definition) is 15. The molecule has 3 heterocycles. The maximum atomic E-state index is 13.7. The minimum atomic E-state index is -3.97. The van der Waals surface area contributed by atoms with Crippen molar-refractivity contribution in [2.45, 2.75) is 94.5 Å². The summed E-state index contributed by atoms with van der Waals surface area (Å²) in [6, 6.07) is 27.2. The van der Waals surface area contributed by atoms with E-state index in [2.05, 4.69) is 30.1 Å². The number of rotatable bonds is 30. The maximum absolute atomic E-state index is 13.7. The van der Waals surface area contributed by atoms with Crippen molar-refractivity contribution >= 4 is 111 Å². The monoisotopic (exact) mass is 1150 g/mol. The van der Waals surface area contributed by atoms with Gasteiger partial charge in [0.2, 0.25) is 17.7 Å². The summed E-state index contributed by atoms with van der Waals surface area (Å²) in [7, 11) is -11.9. The van der Waals surface area contributed by atoms with E-state index in [4.69, 9.17) is 17.2 Å². The van der Waals surface area contributed by atoms with E-state index in [1.807, 2.05) is 36.4 Å². The zero-order valence-corrected chi connectivity index (χ0v) is 45.9. The summed E-state index contributed by atoms with van der Waals surface area (Å²) in [6.45, 7) is 1.15. The van der Waals surface area contributed by atoms with Crippen LogP contribution in [0.25, 0.3) is 0 Å². The van der Waals surface area contributed by atoms with Gasteiger partial charge in [-0.3, -0.25) is 14.4 Å². The highest BCUT2D eigenvalue weighted by molar-refractivity contribution is 7.92. The second kappa shape index (κ2) is 28.8. The molecular weight excluding hydrogens is 1090 g/mol. The highest BCUT2D eigenvalue weighted by Gasteiger charge is 2.30. The molecule has 400 valence electrons. The molecule has 0 spiro atoms. The molecule has 18 nitrogen and oxygen atoms in total. The average molecular weight is 1150 g/mol. The lowest BCUT2D eigenvalue weighted by Crippen LogP contribution is -2.43. The van der Waals surface area contributed by atoms with Crippen LogP contribution in [0, 0.1) is 0 Å². The van der Waals surface area contributed by atoms with Gasteiger partial charge in [-0.05, 0) is 146 Å². The van der Waals surface area contributed by atoms with E-state index in [-0.39, 0.29) is 44.3 Å². The highest BCUT2D eigenvalue weighted by Crippen LogP contribution is 2.34. The Morgan fingerprint density at radius 2 is 0.662 bits per heavy atom. The van der Waals surface area contributed by atoms with Crippen molar-refractivity contribution in [3.8, 4) is 0 Å². The van der Waals surface area contributed by atoms with Gasteiger partial charge >= 0.3 is 0 Å². The predicted octanol–water partition coefficient (Wildman–Crippen LogP) is 6.72. The molecule has 74 heavy (non-hydrogen) atoms. The first kappa shape index (κ1) is 59.9. The summed E-state index contributed by atoms with van der Waals surface area (Å²) in [6.07, 6.45) is 4.01. The quantitative estimate of drug-likeness (QED) is 0.0168. The van der Waals surface area contributed by atoms with E-state index in [1.165, 1.54) is 18.2 Å². The van der Waals surface area contributed by atoms with Crippen LogP contribution in [0.1, 0.15) is 80.4 Å². The van der Waals surface area contributed by atoms with Gasteiger partial charge in [-0.1, -0.05) is 73.9 Å². The molecule has 0 fully saturated rings. The number of nitrogens with one attached hydrogen (secondary N) is 6. The van der Waals surface area contributed by atoms with Gasteiger partial charge in [0.1, 0.15) is 30.8 Å². The number of carbonyl (C=O) groups is 3. The summed E-state index contributed by atoms with van der Waals surface area (Å²) in [5.41, 5.74) is 20.7. The fourth-order valence-electron chi connectivity index (χ4n) is 7.74. The molecule has 0 radical (unpaired) electrons. The Morgan fingerprint density at radius 3 is 0.878 bits per heavy atom. The van der Waals surface area contributed by atoms with Crippen LogP contribution in [0.3, 0.4) is 0 Å². The Morgan fingerprint density at radius 1 is 0.405 bits per heavy atom. The molecule has 0 bridgehead atoms. The van der Waals surface area contributed by atoms with Crippen LogP contribution in [0.15, 0.2) is 138 Å². The molecule has 0 aliphatic carbocycles. The van der Waals surface area contributed by atoms with Gasteiger partial charge in [0.25, 0.3) is 30.1 Å². The zero-order valence-electron chi connectivity index (χ0n) is 40.2. The number of hydrogen-bond donors (Lipinski definition) is 9. The van der Waals surface area contributed by atoms with Gasteiger partial charge in [-0.15, -0.1) is 46.4 Å². The third-order valence-electron chi connectivity index (χ3n) is 11.5. The molecular formula is C49H62ClN9O9S6. The summed E-state index contributed by atoms with van der Waals surface area (Å²) < 4.78 is 86.9. The Labute approximate surface area is 451 Å². The second-order valence-electron chi connectivity index (χ2n) is 16.9. The van der Waals surface area contributed by atoms with Crippen LogP contribution in [0.4, 0.5) is 17.1 Å². The summed E-state index contributed by atoms with van der Waals surface area (Å²) in [4.78, 5) is 41.1. The van der Waals surface area contributed by atoms with Gasteiger partial charge in [0.05, 0.1) is 0 Å². The maximum Gasteiger partial charge on any atom is 0.250 e. The number of benzene rings is 3. The fourth-order valence-corrected chi connectivity index (χ4v) is 14.5. The van der Waals surface area contributed by atoms with Crippen LogP contribution in [0.5, 0.6) is 0 Å². The number of nitrogens with two attached hydrogens (primary N) is 3. The standard InChI is InChI=1S/C49H61N9O9S6.ClH/c50-28-4-1-10-40(56-71(62,63)43-13-7-31-68-43)47(59)53-37-22-16-34(17-23-37)46(35-18-24-38(25-19-35)54-48(60)41(11-2-5-29-51)57-72(64,65)44-14-8-32-69-44)36-20-26-39(27-21-36)55-49(61)42(12-3-6-30-52)58-73(66,67)45-15-9-33-70-45;/h7-9,13-27,31-33,40-42,46,56-58H,1-6,10-12,28-30,50-52H2,(H,53,59)(H,54,60)(H,55,61);1H/t40-,41-,42-;/m1./s1. The largest absolute Gasteiger partial charge is 0.330 e. The SMILES string of the molecule is Cl.NCCCC[C@@H](NS(=O)(=O)c1cccs1)C(=O)Nc1ccc(C(c2ccc(NC(=O)[C@@H](CCCCN)NS(=O)(=O)c3cccs3)cc2)c2ccc(NC(=O)[C@@H](CCCCN)NS(=O)(=O)c3cccs3)cc2)cc1. The van der Waals surface area contributed by atoms with E-state index < -0.39 is 71.8 Å². The van der Waals surface area contributed by atoms with Crippen molar-refractivity contribution in [1.29, 1.82) is 0 Å². The third kappa shape index (κ3) is 17.3. The summed E-state index contributed by atoms with van der Waals surface area (Å²) in [5.74, 6) is -2.10. The molecule has 0 saturated heterocycles. The molecule has 12 N–H and O–H groups in total. The molecule has 6 rings (SSSR count). The minimum Gasteiger partial charge on any atom is -0.330 e. The zero-order chi connectivity index (χ0) is 52.4. The van der Waals surface area contributed by atoms with Gasteiger partial charge < -0.3 is 33.2 Å². The molecule has 3 amide bonds. The number of halogens is 1. The normalized spacial score (nSPS) is 13.1. The Kier molecular flexibility index (Phi) is 23.3. The fraction of sp³-hybridized carbons (Fsp3) is 0.327. The summed E-state index contributed by atoms with van der Waals surface area (Å²) in [5, 5.41) is 13.5. The van der Waals surface area contributed by atoms with Gasteiger partial charge in [-0.25, -0.2) is 25.3 Å². The number of amides is 3. The van der Waals surface area contributed by atoms with Gasteiger partial charge in [0.15, 0.2) is 0 Å². The Balaban J connectivity index is 0.0000101. The van der Waals surface area contributed by atoms with E-state index in [9.17, 15) is 39.6 Å². The second-order valence-corrected chi connectivity index (χ2v) is 25.6. The lowest BCUT2D eigenvalue weighted by atomic mass is 9.85. The number of unbranched alkanes of at least 4 members (excludes halogenated alkanes) is 3. The smallest absolute Gasteiger partial charge is 0.250 e. The molecule has 3 atom stereocenters. The highest BCUT2D eigenvalue weighted by atomic mass is 35.5. The summed E-state index contributed by atoms with van der Waals surface area (Å²) >= 11 is 3.13. The van der Waals surface area contributed by atoms with Crippen LogP contribution >= 0.6 is 46.4 Å². The molecule has 25 heteroatoms. The Hall–Kier alpha value is -4.93. The molecule has 6 aromatic rings. The average Bonchev–Trinajstić information content (AvgIpc) is 4.21. The van der Waals surface area contributed by atoms with Crippen molar-refractivity contribution in [3.05, 3.63) is 142 Å². The first-order valence-electron chi connectivity index (χ1n) is 23.5. The van der Waals surface area contributed by atoms with Gasteiger partial charge in [0, 0.05) is 23.0 Å². The van der Waals surface area contributed by atoms with Crippen LogP contribution in [-0.2, 0) is 44.5 Å². The number of anilines is 3. The molecule has 0 aliphatic rings. The van der Waals surface area contributed by atoms with Crippen molar-refractivity contribution in [3.63, 3.8) is 0 Å². The molecule has 0 unspecified atom stereocenters. The van der Waals surface area contributed by atoms with E-state index in [0.717, 1.165) is 50.7 Å². The van der Waals surface area contributed by atoms with E-state index >= 15 is 0 Å². The number of carbonyl (C=O) groups excluding carboxylic acids is 3. The topological polar surface area (TPSA) is 304 Å². The first-order chi connectivity index (χ1) is 35.0. The predicted molar refractivity (Wildman–Crippen MR) is 297 cm³/mol. The minimum absolute atomic E-state index is 0. The van der Waals surface area contributed by atoms with E-state index in [1.54, 1.807) is 70.7 Å². The Bertz CT molecular complexity index is 2700. The van der Waals surface area contributed by atoms with Crippen LogP contribution in [0.2, 0.25) is 0 Å². The van der Waals surface area contributed by atoms with Gasteiger partial charge in [-0.2, -0.15) is 14.2 Å². The van der Waals surface area contributed by atoms with Crippen LogP contribution in [-0.4, -0.2) is 80.7 Å². The van der Waals surface area contributed by atoms with Crippen molar-refractivity contribution < 1.29 is 39.6 Å².